The van der Waals surface area contributed by atoms with E-state index in [-0.39, 0.29) is 11.2 Å². The van der Waals surface area contributed by atoms with E-state index in [9.17, 15) is 13.2 Å². The molecule has 2 fully saturated rings. The number of hydrogen-bond donors (Lipinski definition) is 1. The highest BCUT2D eigenvalue weighted by molar-refractivity contribution is 7.13. The Kier molecular flexibility index (Phi) is 7.44. The van der Waals surface area contributed by atoms with E-state index in [1.54, 1.807) is 0 Å². The maximum Gasteiger partial charge on any atom is 0.434 e. The Morgan fingerprint density at radius 1 is 1.14 bits per heavy atom. The number of nitrogens with one attached hydrogen (secondary N) is 1. The van der Waals surface area contributed by atoms with Crippen LogP contribution in [0, 0.1) is 5.92 Å². The lowest BCUT2D eigenvalue weighted by atomic mass is 9.98. The van der Waals surface area contributed by atoms with E-state index < -0.39 is 11.9 Å². The molecule has 0 atom stereocenters. The first-order valence-corrected chi connectivity index (χ1v) is 12.9. The molecule has 194 valence electrons. The van der Waals surface area contributed by atoms with Gasteiger partial charge in [0.25, 0.3) is 0 Å². The topological polar surface area (TPSA) is 81.6 Å². The third-order valence-corrected chi connectivity index (χ3v) is 7.24. The summed E-state index contributed by atoms with van der Waals surface area (Å²) in [5.41, 5.74) is -0.375. The Hall–Kier alpha value is -2.70. The molecule has 2 aliphatic heterocycles. The van der Waals surface area contributed by atoms with Gasteiger partial charge in [-0.3, -0.25) is 0 Å². The molecule has 0 unspecified atom stereocenters. The Labute approximate surface area is 210 Å². The van der Waals surface area contributed by atoms with Crippen molar-refractivity contribution in [2.75, 3.05) is 45.3 Å². The number of fused-ring (bicyclic) bond motifs is 1. The van der Waals surface area contributed by atoms with E-state index in [1.807, 2.05) is 12.1 Å². The quantitative estimate of drug-likeness (QED) is 0.457. The Morgan fingerprint density at radius 3 is 2.64 bits per heavy atom. The number of rotatable bonds is 7. The molecule has 8 nitrogen and oxygen atoms in total. The standard InChI is InChI=1S/C24H28F3N5O3S/c1-32-6-2-15(3-7-32)12-34-17-10-18-21(19(11-17)35-16-4-8-33-9-5-16)22(29-14-28-18)31-23-30-20(13-36-23)24(25,26)27/h10-11,13-16H,2-9,12H2,1H3,(H,28,29,30,31). The van der Waals surface area contributed by atoms with E-state index in [4.69, 9.17) is 14.2 Å². The molecule has 3 aromatic rings. The van der Waals surface area contributed by atoms with Gasteiger partial charge >= 0.3 is 6.18 Å². The van der Waals surface area contributed by atoms with Gasteiger partial charge in [-0.05, 0) is 38.9 Å². The Balaban J connectivity index is 1.43. The first-order chi connectivity index (χ1) is 17.3. The van der Waals surface area contributed by atoms with Crippen LogP contribution in [0.3, 0.4) is 0 Å². The fraction of sp³-hybridized carbons (Fsp3) is 0.542. The maximum atomic E-state index is 13.0. The number of benzene rings is 1. The normalized spacial score (nSPS) is 18.4. The van der Waals surface area contributed by atoms with Gasteiger partial charge in [-0.2, -0.15) is 13.2 Å². The number of ether oxygens (including phenoxy) is 3. The molecule has 0 saturated carbocycles. The van der Waals surface area contributed by atoms with E-state index in [1.165, 1.54) is 6.33 Å². The highest BCUT2D eigenvalue weighted by Gasteiger charge is 2.34. The van der Waals surface area contributed by atoms with Crippen LogP contribution in [-0.2, 0) is 10.9 Å². The maximum absolute atomic E-state index is 13.0. The molecule has 2 aromatic heterocycles. The van der Waals surface area contributed by atoms with Crippen LogP contribution in [0.5, 0.6) is 11.5 Å². The molecule has 5 rings (SSSR count). The summed E-state index contributed by atoms with van der Waals surface area (Å²) < 4.78 is 57.1. The number of aromatic nitrogens is 3. The Bertz CT molecular complexity index is 1180. The van der Waals surface area contributed by atoms with E-state index >= 15 is 0 Å². The van der Waals surface area contributed by atoms with Gasteiger partial charge in [0.05, 0.1) is 30.7 Å². The number of likely N-dealkylation sites (tertiary alicyclic amines) is 1. The number of thiazole rings is 1. The zero-order valence-corrected chi connectivity index (χ0v) is 20.7. The highest BCUT2D eigenvalue weighted by atomic mass is 32.1. The third kappa shape index (κ3) is 5.98. The van der Waals surface area contributed by atoms with Crippen LogP contribution in [0.25, 0.3) is 10.9 Å². The summed E-state index contributed by atoms with van der Waals surface area (Å²) in [4.78, 5) is 14.7. The molecule has 0 aliphatic carbocycles. The minimum Gasteiger partial charge on any atom is -0.493 e. The lowest BCUT2D eigenvalue weighted by Crippen LogP contribution is -2.32. The molecule has 1 N–H and O–H groups in total. The molecule has 12 heteroatoms. The highest BCUT2D eigenvalue weighted by Crippen LogP contribution is 2.38. The zero-order chi connectivity index (χ0) is 25.1. The molecule has 0 bridgehead atoms. The predicted octanol–water partition coefficient (Wildman–Crippen LogP) is 5.13. The van der Waals surface area contributed by atoms with Crippen LogP contribution in [0.2, 0.25) is 0 Å². The zero-order valence-electron chi connectivity index (χ0n) is 19.9. The fourth-order valence-electron chi connectivity index (χ4n) is 4.38. The van der Waals surface area contributed by atoms with Gasteiger partial charge < -0.3 is 24.4 Å². The molecule has 2 aliphatic rings. The van der Waals surface area contributed by atoms with Crippen molar-refractivity contribution < 1.29 is 27.4 Å². The van der Waals surface area contributed by atoms with Crippen LogP contribution in [0.15, 0.2) is 23.8 Å². The van der Waals surface area contributed by atoms with Gasteiger partial charge in [0, 0.05) is 30.4 Å². The van der Waals surface area contributed by atoms with Gasteiger partial charge in [0.15, 0.2) is 10.8 Å². The Morgan fingerprint density at radius 2 is 1.92 bits per heavy atom. The molecule has 0 amide bonds. The number of anilines is 2. The molecule has 2 saturated heterocycles. The summed E-state index contributed by atoms with van der Waals surface area (Å²) in [6.07, 6.45) is 0.429. The van der Waals surface area contributed by atoms with Gasteiger partial charge in [-0.1, -0.05) is 0 Å². The lowest BCUT2D eigenvalue weighted by Gasteiger charge is -2.29. The van der Waals surface area contributed by atoms with Gasteiger partial charge in [0.1, 0.15) is 29.7 Å². The summed E-state index contributed by atoms with van der Waals surface area (Å²) in [7, 11) is 2.13. The second kappa shape index (κ2) is 10.7. The van der Waals surface area contributed by atoms with E-state index in [0.717, 1.165) is 55.5 Å². The molecule has 0 radical (unpaired) electrons. The van der Waals surface area contributed by atoms with E-state index in [0.29, 0.717) is 54.0 Å². The molecular formula is C24H28F3N5O3S. The summed E-state index contributed by atoms with van der Waals surface area (Å²) in [6, 6.07) is 3.64. The summed E-state index contributed by atoms with van der Waals surface area (Å²) in [5, 5.41) is 4.56. The molecule has 1 aromatic carbocycles. The second-order valence-electron chi connectivity index (χ2n) is 9.19. The van der Waals surface area contributed by atoms with Crippen molar-refractivity contribution in [1.82, 2.24) is 19.9 Å². The summed E-state index contributed by atoms with van der Waals surface area (Å²) in [5.74, 6) is 1.97. The fourth-order valence-corrected chi connectivity index (χ4v) is 5.10. The SMILES string of the molecule is CN1CCC(COc2cc(OC3CCOCC3)c3c(Nc4nc(C(F)(F)F)cs4)ncnc3c2)CC1. The summed E-state index contributed by atoms with van der Waals surface area (Å²) in [6.45, 7) is 3.93. The van der Waals surface area contributed by atoms with Crippen molar-refractivity contribution >= 4 is 33.2 Å². The number of halogens is 3. The van der Waals surface area contributed by atoms with Gasteiger partial charge in [-0.25, -0.2) is 15.0 Å². The lowest BCUT2D eigenvalue weighted by molar-refractivity contribution is -0.140. The average Bonchev–Trinajstić information content (AvgIpc) is 3.34. The van der Waals surface area contributed by atoms with Gasteiger partial charge in [0.2, 0.25) is 0 Å². The average molecular weight is 524 g/mol. The first kappa shape index (κ1) is 25.0. The molecule has 0 spiro atoms. The third-order valence-electron chi connectivity index (χ3n) is 6.48. The molecule has 4 heterocycles. The van der Waals surface area contributed by atoms with Crippen LogP contribution >= 0.6 is 11.3 Å². The van der Waals surface area contributed by atoms with Crippen molar-refractivity contribution in [3.8, 4) is 11.5 Å². The second-order valence-corrected chi connectivity index (χ2v) is 10.0. The van der Waals surface area contributed by atoms with Crippen molar-refractivity contribution in [2.45, 2.75) is 38.0 Å². The smallest absolute Gasteiger partial charge is 0.434 e. The van der Waals surface area contributed by atoms with Crippen molar-refractivity contribution in [3.05, 3.63) is 29.5 Å². The molecule has 36 heavy (non-hydrogen) atoms. The minimum absolute atomic E-state index is 0.0594. The monoisotopic (exact) mass is 523 g/mol. The number of piperidine rings is 1. The van der Waals surface area contributed by atoms with E-state index in [2.05, 4.69) is 32.2 Å². The first-order valence-electron chi connectivity index (χ1n) is 12.0. The van der Waals surface area contributed by atoms with Crippen molar-refractivity contribution in [1.29, 1.82) is 0 Å². The van der Waals surface area contributed by atoms with Crippen molar-refractivity contribution in [3.63, 3.8) is 0 Å². The minimum atomic E-state index is -4.51. The van der Waals surface area contributed by atoms with Crippen molar-refractivity contribution in [2.24, 2.45) is 5.92 Å². The molecular weight excluding hydrogens is 495 g/mol. The predicted molar refractivity (Wildman–Crippen MR) is 130 cm³/mol. The summed E-state index contributed by atoms with van der Waals surface area (Å²) >= 11 is 0.860. The number of alkyl halides is 3. The number of nitrogens with zero attached hydrogens (tertiary/aromatic N) is 4. The van der Waals surface area contributed by atoms with Gasteiger partial charge in [-0.15, -0.1) is 11.3 Å². The largest absolute Gasteiger partial charge is 0.493 e. The van der Waals surface area contributed by atoms with Crippen LogP contribution in [-0.4, -0.2) is 65.9 Å². The van der Waals surface area contributed by atoms with Crippen LogP contribution < -0.4 is 14.8 Å². The number of hydrogen-bond acceptors (Lipinski definition) is 9. The van der Waals surface area contributed by atoms with Crippen LogP contribution in [0.4, 0.5) is 24.1 Å². The van der Waals surface area contributed by atoms with Crippen LogP contribution in [0.1, 0.15) is 31.4 Å².